The minimum atomic E-state index is -0.445. The van der Waals surface area contributed by atoms with Crippen molar-refractivity contribution in [2.75, 3.05) is 0 Å². The van der Waals surface area contributed by atoms with Gasteiger partial charge in [-0.25, -0.2) is 0 Å². The lowest BCUT2D eigenvalue weighted by molar-refractivity contribution is -0.384. The van der Waals surface area contributed by atoms with Crippen LogP contribution in [0.1, 0.15) is 23.5 Å². The third-order valence-electron chi connectivity index (χ3n) is 4.24. The molecule has 1 aliphatic heterocycles. The number of fused-ring (bicyclic) bond motifs is 1. The zero-order valence-electron chi connectivity index (χ0n) is 13.0. The average Bonchev–Trinajstić information content (AvgIpc) is 3.05. The number of aromatic nitrogens is 2. The van der Waals surface area contributed by atoms with Crippen molar-refractivity contribution in [2.45, 2.75) is 12.3 Å². The van der Waals surface area contributed by atoms with Crippen LogP contribution in [-0.4, -0.2) is 21.1 Å². The molecule has 2 aromatic carbocycles. The van der Waals surface area contributed by atoms with Crippen LogP contribution in [0.2, 0.25) is 0 Å². The van der Waals surface area contributed by atoms with E-state index in [0.29, 0.717) is 5.56 Å². The topological polar surface area (TPSA) is 98.1 Å². The molecule has 4 rings (SSSR count). The standard InChI is InChI=1S/C18H13N3O4/c22-15-10-14(12-7-4-8-13(9-12)21(23)24)16-17(19-20-18(16)25-15)11-5-2-1-3-6-11/h1-9,14H,10H2,(H,19,20)/t14-/m0/s1. The van der Waals surface area contributed by atoms with Gasteiger partial charge in [-0.1, -0.05) is 42.5 Å². The summed E-state index contributed by atoms with van der Waals surface area (Å²) >= 11 is 0. The molecule has 1 aliphatic rings. The Balaban J connectivity index is 1.87. The second-order valence-corrected chi connectivity index (χ2v) is 5.77. The highest BCUT2D eigenvalue weighted by atomic mass is 16.6. The molecule has 0 spiro atoms. The minimum Gasteiger partial charge on any atom is -0.405 e. The fourth-order valence-electron chi connectivity index (χ4n) is 3.12. The number of nitrogens with zero attached hydrogens (tertiary/aromatic N) is 2. The lowest BCUT2D eigenvalue weighted by Crippen LogP contribution is -2.20. The Bertz CT molecular complexity index is 965. The van der Waals surface area contributed by atoms with Gasteiger partial charge in [0.25, 0.3) is 5.69 Å². The number of nitro groups is 1. The highest BCUT2D eigenvalue weighted by Crippen LogP contribution is 2.43. The molecular weight excluding hydrogens is 322 g/mol. The number of nitrogens with one attached hydrogen (secondary N) is 1. The van der Waals surface area contributed by atoms with Gasteiger partial charge in [0.05, 0.1) is 22.6 Å². The van der Waals surface area contributed by atoms with E-state index < -0.39 is 10.9 Å². The van der Waals surface area contributed by atoms with Crippen molar-refractivity contribution in [1.82, 2.24) is 10.2 Å². The third-order valence-corrected chi connectivity index (χ3v) is 4.24. The van der Waals surface area contributed by atoms with Crippen LogP contribution >= 0.6 is 0 Å². The van der Waals surface area contributed by atoms with E-state index in [1.54, 1.807) is 12.1 Å². The first-order valence-electron chi connectivity index (χ1n) is 7.72. The largest absolute Gasteiger partial charge is 0.405 e. The summed E-state index contributed by atoms with van der Waals surface area (Å²) in [7, 11) is 0. The zero-order chi connectivity index (χ0) is 17.4. The smallest absolute Gasteiger partial charge is 0.313 e. The van der Waals surface area contributed by atoms with Crippen molar-refractivity contribution in [2.24, 2.45) is 0 Å². The van der Waals surface area contributed by atoms with Crippen LogP contribution in [0.5, 0.6) is 5.88 Å². The summed E-state index contributed by atoms with van der Waals surface area (Å²) in [6.45, 7) is 0. The SMILES string of the molecule is O=C1C[C@@H](c2cccc([N+](=O)[O-])c2)c2c(n[nH]c2-c2ccccc2)O1. The van der Waals surface area contributed by atoms with E-state index in [9.17, 15) is 14.9 Å². The van der Waals surface area contributed by atoms with Crippen LogP contribution in [0, 0.1) is 10.1 Å². The normalized spacial score (nSPS) is 16.2. The molecule has 0 fully saturated rings. The molecule has 1 atom stereocenters. The van der Waals surface area contributed by atoms with Crippen molar-refractivity contribution in [1.29, 1.82) is 0 Å². The number of benzene rings is 2. The maximum atomic E-state index is 12.0. The lowest BCUT2D eigenvalue weighted by atomic mass is 9.85. The Morgan fingerprint density at radius 3 is 2.72 bits per heavy atom. The molecule has 1 aromatic heterocycles. The number of nitro benzene ring substituents is 1. The molecule has 0 amide bonds. The molecular formula is C18H13N3O4. The fraction of sp³-hybridized carbons (Fsp3) is 0.111. The van der Waals surface area contributed by atoms with Gasteiger partial charge < -0.3 is 4.74 Å². The summed E-state index contributed by atoms with van der Waals surface area (Å²) in [5.41, 5.74) is 3.07. The van der Waals surface area contributed by atoms with Crippen LogP contribution in [0.4, 0.5) is 5.69 Å². The quantitative estimate of drug-likeness (QED) is 0.449. The maximum absolute atomic E-state index is 12.0. The summed E-state index contributed by atoms with van der Waals surface area (Å²) in [5, 5.41) is 18.1. The number of H-pyrrole nitrogens is 1. The molecule has 0 saturated carbocycles. The van der Waals surface area contributed by atoms with Gasteiger partial charge in [-0.05, 0) is 11.1 Å². The molecule has 3 aromatic rings. The third kappa shape index (κ3) is 2.65. The van der Waals surface area contributed by atoms with Crippen molar-refractivity contribution >= 4 is 11.7 Å². The van der Waals surface area contributed by atoms with Crippen LogP contribution in [-0.2, 0) is 4.79 Å². The highest BCUT2D eigenvalue weighted by Gasteiger charge is 2.34. The summed E-state index contributed by atoms with van der Waals surface area (Å²) in [6, 6.07) is 15.9. The maximum Gasteiger partial charge on any atom is 0.313 e. The minimum absolute atomic E-state index is 0.0113. The summed E-state index contributed by atoms with van der Waals surface area (Å²) in [5.74, 6) is -0.535. The van der Waals surface area contributed by atoms with Gasteiger partial charge in [-0.15, -0.1) is 5.10 Å². The van der Waals surface area contributed by atoms with Crippen molar-refractivity contribution < 1.29 is 14.5 Å². The van der Waals surface area contributed by atoms with Gasteiger partial charge in [0.2, 0.25) is 5.88 Å². The number of hydrogen-bond acceptors (Lipinski definition) is 5. The number of ether oxygens (including phenoxy) is 1. The number of hydrogen-bond donors (Lipinski definition) is 1. The Morgan fingerprint density at radius 2 is 1.96 bits per heavy atom. The monoisotopic (exact) mass is 335 g/mol. The number of aromatic amines is 1. The van der Waals surface area contributed by atoms with Gasteiger partial charge in [0.15, 0.2) is 0 Å². The number of carbonyl (C=O) groups is 1. The van der Waals surface area contributed by atoms with Crippen molar-refractivity contribution in [3.63, 3.8) is 0 Å². The van der Waals surface area contributed by atoms with E-state index in [2.05, 4.69) is 10.2 Å². The van der Waals surface area contributed by atoms with E-state index in [1.807, 2.05) is 30.3 Å². The number of non-ortho nitro benzene ring substituents is 1. The van der Waals surface area contributed by atoms with E-state index in [-0.39, 0.29) is 23.9 Å². The number of carbonyl (C=O) groups excluding carboxylic acids is 1. The average molecular weight is 335 g/mol. The van der Waals surface area contributed by atoms with E-state index in [0.717, 1.165) is 16.8 Å². The summed E-state index contributed by atoms with van der Waals surface area (Å²) in [4.78, 5) is 22.6. The Hall–Kier alpha value is -3.48. The van der Waals surface area contributed by atoms with E-state index in [1.165, 1.54) is 12.1 Å². The molecule has 0 unspecified atom stereocenters. The highest BCUT2D eigenvalue weighted by molar-refractivity contribution is 5.80. The Kier molecular flexibility index (Phi) is 3.53. The Morgan fingerprint density at radius 1 is 1.16 bits per heavy atom. The molecule has 7 heteroatoms. The van der Waals surface area contributed by atoms with Crippen LogP contribution in [0.15, 0.2) is 54.6 Å². The molecule has 25 heavy (non-hydrogen) atoms. The van der Waals surface area contributed by atoms with Crippen LogP contribution in [0.3, 0.4) is 0 Å². The van der Waals surface area contributed by atoms with Gasteiger partial charge in [0.1, 0.15) is 0 Å². The second-order valence-electron chi connectivity index (χ2n) is 5.77. The molecule has 0 aliphatic carbocycles. The first-order chi connectivity index (χ1) is 12.1. The fourth-order valence-corrected chi connectivity index (χ4v) is 3.12. The molecule has 0 bridgehead atoms. The van der Waals surface area contributed by atoms with Gasteiger partial charge in [-0.3, -0.25) is 20.0 Å². The van der Waals surface area contributed by atoms with Gasteiger partial charge in [0, 0.05) is 18.1 Å². The van der Waals surface area contributed by atoms with Crippen LogP contribution < -0.4 is 4.74 Å². The molecule has 124 valence electrons. The predicted molar refractivity (Wildman–Crippen MR) is 89.2 cm³/mol. The zero-order valence-corrected chi connectivity index (χ0v) is 13.0. The molecule has 1 N–H and O–H groups in total. The molecule has 0 radical (unpaired) electrons. The molecule has 2 heterocycles. The number of rotatable bonds is 3. The summed E-state index contributed by atoms with van der Waals surface area (Å²) in [6.07, 6.45) is 0.105. The van der Waals surface area contributed by atoms with E-state index in [4.69, 9.17) is 4.74 Å². The second kappa shape index (κ2) is 5.86. The molecule has 0 saturated heterocycles. The van der Waals surface area contributed by atoms with Crippen molar-refractivity contribution in [3.05, 3.63) is 75.8 Å². The van der Waals surface area contributed by atoms with Gasteiger partial charge >= 0.3 is 5.97 Å². The first kappa shape index (κ1) is 15.1. The van der Waals surface area contributed by atoms with Gasteiger partial charge in [-0.2, -0.15) is 0 Å². The Labute approximate surface area is 142 Å². The number of esters is 1. The van der Waals surface area contributed by atoms with E-state index >= 15 is 0 Å². The summed E-state index contributed by atoms with van der Waals surface area (Å²) < 4.78 is 5.25. The predicted octanol–water partition coefficient (Wildman–Crippen LogP) is 3.43. The first-order valence-corrected chi connectivity index (χ1v) is 7.72. The molecule has 7 nitrogen and oxygen atoms in total. The van der Waals surface area contributed by atoms with Crippen molar-refractivity contribution in [3.8, 4) is 17.1 Å². The van der Waals surface area contributed by atoms with Crippen LogP contribution in [0.25, 0.3) is 11.3 Å². The lowest BCUT2D eigenvalue weighted by Gasteiger charge is -2.22.